The van der Waals surface area contributed by atoms with Crippen LogP contribution in [0, 0.1) is 0 Å². The van der Waals surface area contributed by atoms with Gasteiger partial charge in [-0.3, -0.25) is 4.79 Å². The van der Waals surface area contributed by atoms with E-state index in [0.717, 1.165) is 0 Å². The summed E-state index contributed by atoms with van der Waals surface area (Å²) in [6.45, 7) is 4.50. The summed E-state index contributed by atoms with van der Waals surface area (Å²) < 4.78 is 32.2. The third-order valence-corrected chi connectivity index (χ3v) is 7.16. The van der Waals surface area contributed by atoms with Crippen LogP contribution in [0.2, 0.25) is 15.1 Å². The van der Waals surface area contributed by atoms with Crippen molar-refractivity contribution in [1.82, 2.24) is 4.31 Å². The topological polar surface area (TPSA) is 75.7 Å². The predicted octanol–water partition coefficient (Wildman–Crippen LogP) is 5.48. The van der Waals surface area contributed by atoms with Gasteiger partial charge in [0.1, 0.15) is 5.75 Å². The molecule has 1 amide bonds. The minimum atomic E-state index is -3.65. The average molecular weight is 494 g/mol. The summed E-state index contributed by atoms with van der Waals surface area (Å²) in [7, 11) is -3.65. The van der Waals surface area contributed by atoms with Crippen LogP contribution in [0.3, 0.4) is 0 Å². The summed E-state index contributed by atoms with van der Waals surface area (Å²) in [6, 6.07) is 9.15. The molecular formula is C20H23Cl3N2O4S. The number of sulfonamides is 1. The lowest BCUT2D eigenvalue weighted by atomic mass is 10.2. The number of hydrogen-bond donors (Lipinski definition) is 1. The van der Waals surface area contributed by atoms with Gasteiger partial charge < -0.3 is 10.1 Å². The van der Waals surface area contributed by atoms with Crippen LogP contribution in [0.4, 0.5) is 5.69 Å². The van der Waals surface area contributed by atoms with Gasteiger partial charge in [-0.1, -0.05) is 48.7 Å². The van der Waals surface area contributed by atoms with Crippen molar-refractivity contribution in [3.05, 3.63) is 51.5 Å². The van der Waals surface area contributed by atoms with Crippen LogP contribution in [0.15, 0.2) is 41.3 Å². The fourth-order valence-electron chi connectivity index (χ4n) is 2.69. The molecule has 2 aromatic rings. The lowest BCUT2D eigenvalue weighted by molar-refractivity contribution is -0.116. The third-order valence-electron chi connectivity index (χ3n) is 4.25. The van der Waals surface area contributed by atoms with Crippen molar-refractivity contribution in [2.75, 3.05) is 25.0 Å². The van der Waals surface area contributed by atoms with Crippen molar-refractivity contribution in [2.24, 2.45) is 0 Å². The molecule has 0 aliphatic rings. The quantitative estimate of drug-likeness (QED) is 0.445. The SMILES string of the molecule is CCN(CC)S(=O)(=O)c1ccc(Cl)c(NC(=O)CCCOc2ccc(Cl)cc2Cl)c1. The number of hydrogen-bond acceptors (Lipinski definition) is 4. The second-order valence-electron chi connectivity index (χ2n) is 6.31. The van der Waals surface area contributed by atoms with Gasteiger partial charge in [0.05, 0.1) is 27.2 Å². The molecule has 0 atom stereocenters. The van der Waals surface area contributed by atoms with Gasteiger partial charge in [-0.15, -0.1) is 0 Å². The number of carbonyl (C=O) groups is 1. The van der Waals surface area contributed by atoms with E-state index in [1.54, 1.807) is 32.0 Å². The standard InChI is InChI=1S/C20H23Cl3N2O4S/c1-3-25(4-2)30(27,28)15-8-9-16(22)18(13-15)24-20(26)6-5-11-29-19-10-7-14(21)12-17(19)23/h7-10,12-13H,3-6,11H2,1-2H3,(H,24,26). The maximum Gasteiger partial charge on any atom is 0.243 e. The van der Waals surface area contributed by atoms with Gasteiger partial charge in [0, 0.05) is 24.5 Å². The molecule has 164 valence electrons. The molecular weight excluding hydrogens is 471 g/mol. The summed E-state index contributed by atoms with van der Waals surface area (Å²) in [4.78, 5) is 12.3. The van der Waals surface area contributed by atoms with E-state index in [4.69, 9.17) is 39.5 Å². The largest absolute Gasteiger partial charge is 0.492 e. The number of halogens is 3. The van der Waals surface area contributed by atoms with E-state index in [0.29, 0.717) is 35.3 Å². The van der Waals surface area contributed by atoms with E-state index in [1.807, 2.05) is 0 Å². The molecule has 0 fully saturated rings. The molecule has 2 rings (SSSR count). The van der Waals surface area contributed by atoms with Crippen LogP contribution >= 0.6 is 34.8 Å². The first-order valence-corrected chi connectivity index (χ1v) is 11.9. The molecule has 0 radical (unpaired) electrons. The van der Waals surface area contributed by atoms with Crippen LogP contribution in [0.25, 0.3) is 0 Å². The highest BCUT2D eigenvalue weighted by Gasteiger charge is 2.22. The smallest absolute Gasteiger partial charge is 0.243 e. The van der Waals surface area contributed by atoms with E-state index in [-0.39, 0.29) is 34.5 Å². The predicted molar refractivity (Wildman–Crippen MR) is 121 cm³/mol. The molecule has 1 N–H and O–H groups in total. The number of carbonyl (C=O) groups excluding carboxylic acids is 1. The van der Waals surface area contributed by atoms with Gasteiger partial charge in [0.15, 0.2) is 0 Å². The van der Waals surface area contributed by atoms with Crippen LogP contribution in [0.5, 0.6) is 5.75 Å². The minimum Gasteiger partial charge on any atom is -0.492 e. The lowest BCUT2D eigenvalue weighted by Gasteiger charge is -2.19. The van der Waals surface area contributed by atoms with Crippen molar-refractivity contribution in [3.8, 4) is 5.75 Å². The van der Waals surface area contributed by atoms with Gasteiger partial charge in [0.2, 0.25) is 15.9 Å². The number of nitrogens with one attached hydrogen (secondary N) is 1. The second kappa shape index (κ2) is 11.2. The normalized spacial score (nSPS) is 11.5. The van der Waals surface area contributed by atoms with Gasteiger partial charge in [-0.05, 0) is 42.8 Å². The molecule has 0 aliphatic heterocycles. The Bertz CT molecular complexity index is 996. The van der Waals surface area contributed by atoms with E-state index in [2.05, 4.69) is 5.32 Å². The molecule has 0 heterocycles. The Hall–Kier alpha value is -1.51. The summed E-state index contributed by atoms with van der Waals surface area (Å²) in [5.74, 6) is 0.180. The van der Waals surface area contributed by atoms with Crippen LogP contribution in [0.1, 0.15) is 26.7 Å². The van der Waals surface area contributed by atoms with Crippen molar-refractivity contribution >= 4 is 56.4 Å². The Balaban J connectivity index is 1.96. The first kappa shape index (κ1) is 24.8. The monoisotopic (exact) mass is 492 g/mol. The Morgan fingerprint density at radius 3 is 2.37 bits per heavy atom. The third kappa shape index (κ3) is 6.49. The Kier molecular flexibility index (Phi) is 9.25. The molecule has 0 aliphatic carbocycles. The zero-order chi connectivity index (χ0) is 22.3. The minimum absolute atomic E-state index is 0.0756. The number of anilines is 1. The number of nitrogens with zero attached hydrogens (tertiary/aromatic N) is 1. The maximum atomic E-state index is 12.7. The Labute approximate surface area is 192 Å². The number of amides is 1. The molecule has 0 saturated heterocycles. The van der Waals surface area contributed by atoms with Crippen LogP contribution < -0.4 is 10.1 Å². The van der Waals surface area contributed by atoms with E-state index >= 15 is 0 Å². The molecule has 2 aromatic carbocycles. The van der Waals surface area contributed by atoms with Crippen molar-refractivity contribution in [2.45, 2.75) is 31.6 Å². The van der Waals surface area contributed by atoms with E-state index < -0.39 is 10.0 Å². The van der Waals surface area contributed by atoms with Gasteiger partial charge in [-0.25, -0.2) is 8.42 Å². The second-order valence-corrected chi connectivity index (χ2v) is 9.49. The fourth-order valence-corrected chi connectivity index (χ4v) is 4.81. The summed E-state index contributed by atoms with van der Waals surface area (Å²) in [6.07, 6.45) is 0.592. The number of benzene rings is 2. The first-order chi connectivity index (χ1) is 14.2. The highest BCUT2D eigenvalue weighted by molar-refractivity contribution is 7.89. The van der Waals surface area contributed by atoms with E-state index in [9.17, 15) is 13.2 Å². The zero-order valence-electron chi connectivity index (χ0n) is 16.6. The average Bonchev–Trinajstić information content (AvgIpc) is 2.69. The highest BCUT2D eigenvalue weighted by Crippen LogP contribution is 2.28. The van der Waals surface area contributed by atoms with Crippen LogP contribution in [-0.4, -0.2) is 38.3 Å². The number of ether oxygens (including phenoxy) is 1. The molecule has 0 unspecified atom stereocenters. The molecule has 0 saturated carbocycles. The maximum absolute atomic E-state index is 12.7. The summed E-state index contributed by atoms with van der Waals surface area (Å²) >= 11 is 18.0. The summed E-state index contributed by atoms with van der Waals surface area (Å²) in [5, 5.41) is 3.82. The Morgan fingerprint density at radius 1 is 1.03 bits per heavy atom. The van der Waals surface area contributed by atoms with Crippen LogP contribution in [-0.2, 0) is 14.8 Å². The summed E-state index contributed by atoms with van der Waals surface area (Å²) in [5.41, 5.74) is 0.247. The molecule has 0 aromatic heterocycles. The first-order valence-electron chi connectivity index (χ1n) is 9.36. The van der Waals surface area contributed by atoms with Crippen molar-refractivity contribution in [3.63, 3.8) is 0 Å². The molecule has 6 nitrogen and oxygen atoms in total. The van der Waals surface area contributed by atoms with Crippen molar-refractivity contribution in [1.29, 1.82) is 0 Å². The van der Waals surface area contributed by atoms with Crippen molar-refractivity contribution < 1.29 is 17.9 Å². The highest BCUT2D eigenvalue weighted by atomic mass is 35.5. The van der Waals surface area contributed by atoms with E-state index in [1.165, 1.54) is 22.5 Å². The Morgan fingerprint density at radius 2 is 1.73 bits per heavy atom. The molecule has 0 spiro atoms. The zero-order valence-corrected chi connectivity index (χ0v) is 19.7. The van der Waals surface area contributed by atoms with Gasteiger partial charge in [-0.2, -0.15) is 4.31 Å². The molecule has 30 heavy (non-hydrogen) atoms. The fraction of sp³-hybridized carbons (Fsp3) is 0.350. The number of rotatable bonds is 10. The van der Waals surface area contributed by atoms with Gasteiger partial charge >= 0.3 is 0 Å². The molecule has 0 bridgehead atoms. The molecule has 10 heteroatoms. The lowest BCUT2D eigenvalue weighted by Crippen LogP contribution is -2.30. The van der Waals surface area contributed by atoms with Gasteiger partial charge in [0.25, 0.3) is 0 Å².